The van der Waals surface area contributed by atoms with Crippen LogP contribution >= 0.6 is 0 Å². The molecule has 0 fully saturated rings. The van der Waals surface area contributed by atoms with Crippen LogP contribution in [0.15, 0.2) is 0 Å². The summed E-state index contributed by atoms with van der Waals surface area (Å²) in [6.07, 6.45) is 0. The van der Waals surface area contributed by atoms with E-state index in [2.05, 4.69) is 67.7 Å². The first-order chi connectivity index (χ1) is 6.21. The molecule has 0 bridgehead atoms. The monoisotopic (exact) mass is 360 g/mol. The van der Waals surface area contributed by atoms with Gasteiger partial charge in [0, 0.05) is 0 Å². The van der Waals surface area contributed by atoms with E-state index in [9.17, 15) is 0 Å². The molecule has 1 radical (unpaired) electrons. The quantitative estimate of drug-likeness (QED) is 0.628. The summed E-state index contributed by atoms with van der Waals surface area (Å²) >= 11 is 0.227. The summed E-state index contributed by atoms with van der Waals surface area (Å²) in [7, 11) is 0. The molecule has 0 saturated heterocycles. The Bertz CT molecular complexity index is 195. The molecule has 0 saturated carbocycles. The Morgan fingerprint density at radius 3 is 0.933 bits per heavy atom. The van der Waals surface area contributed by atoms with Crippen LogP contribution in [0.4, 0.5) is 0 Å². The molecule has 3 heteroatoms. The first kappa shape index (κ1) is 16.2. The summed E-state index contributed by atoms with van der Waals surface area (Å²) in [5, 5.41) is 1.20. The van der Waals surface area contributed by atoms with Crippen molar-refractivity contribution in [3.63, 3.8) is 0 Å². The third-order valence-corrected chi connectivity index (χ3v) is 52.1. The predicted octanol–water partition coefficient (Wildman–Crippen LogP) is 4.70. The third-order valence-electron chi connectivity index (χ3n) is 4.12. The average Bonchev–Trinajstić information content (AvgIpc) is 1.77. The van der Waals surface area contributed by atoms with E-state index in [0.717, 1.165) is 0 Å². The van der Waals surface area contributed by atoms with E-state index in [1.165, 1.54) is 0 Å². The van der Waals surface area contributed by atoms with Gasteiger partial charge in [-0.05, 0) is 0 Å². The van der Waals surface area contributed by atoms with E-state index < -0.39 is 11.2 Å². The van der Waals surface area contributed by atoms with Gasteiger partial charge in [0.15, 0.2) is 0 Å². The van der Waals surface area contributed by atoms with Gasteiger partial charge < -0.3 is 0 Å². The maximum absolute atomic E-state index is 2.63. The Balaban J connectivity index is 4.89. The molecule has 0 aliphatic carbocycles. The second-order valence-corrected chi connectivity index (χ2v) is 40.2. The van der Waals surface area contributed by atoms with Gasteiger partial charge in [0.2, 0.25) is 0 Å². The van der Waals surface area contributed by atoms with Crippen molar-refractivity contribution in [3.8, 4) is 0 Å². The molecule has 0 aromatic rings. The molecule has 0 nitrogen and oxygen atoms in total. The summed E-state index contributed by atoms with van der Waals surface area (Å²) in [4.78, 5) is 0. The van der Waals surface area contributed by atoms with Crippen molar-refractivity contribution in [1.82, 2.24) is 0 Å². The number of hydrogen-bond donors (Lipinski definition) is 0. The standard InChI is InChI=1S/C12H30Si2Te/c1-11(2,3)13(7,8)15-14(9,10)12(4,5)6/h1-10H3/q+1. The zero-order chi connectivity index (χ0) is 12.7. The van der Waals surface area contributed by atoms with Crippen LogP contribution < -0.4 is 0 Å². The maximum atomic E-state index is 2.63. The molecule has 0 atom stereocenters. The molecule has 0 aromatic heterocycles. The van der Waals surface area contributed by atoms with Crippen molar-refractivity contribution in [1.29, 1.82) is 0 Å². The summed E-state index contributed by atoms with van der Waals surface area (Å²) in [5.74, 6) is 0. The van der Waals surface area contributed by atoms with E-state index in [1.807, 2.05) is 0 Å². The zero-order valence-corrected chi connectivity index (χ0v) is 16.7. The summed E-state index contributed by atoms with van der Waals surface area (Å²) in [5.41, 5.74) is -1.92. The molecule has 0 amide bonds. The van der Waals surface area contributed by atoms with Crippen LogP contribution in [0.1, 0.15) is 41.5 Å². The van der Waals surface area contributed by atoms with Crippen molar-refractivity contribution in [2.75, 3.05) is 0 Å². The minimum atomic E-state index is -0.958. The fourth-order valence-electron chi connectivity index (χ4n) is 0.944. The van der Waals surface area contributed by atoms with Crippen molar-refractivity contribution < 1.29 is 0 Å². The predicted molar refractivity (Wildman–Crippen MR) is 80.1 cm³/mol. The van der Waals surface area contributed by atoms with Gasteiger partial charge in [-0.15, -0.1) is 0 Å². The topological polar surface area (TPSA) is 0 Å². The number of rotatable bonds is 2. The number of hydrogen-bond acceptors (Lipinski definition) is 0. The van der Waals surface area contributed by atoms with Crippen molar-refractivity contribution in [3.05, 3.63) is 0 Å². The molecular formula is C12H30Si2Te+. The SMILES string of the molecule is CC(C)(C)[Si](C)(C)[Te+][Si](C)(C)C(C)(C)C. The van der Waals surface area contributed by atoms with Crippen LogP contribution in [0.3, 0.4) is 0 Å². The zero-order valence-electron chi connectivity index (χ0n) is 12.4. The Morgan fingerprint density at radius 1 is 0.600 bits per heavy atom. The minimum absolute atomic E-state index is 0.227. The van der Waals surface area contributed by atoms with E-state index >= 15 is 0 Å². The van der Waals surface area contributed by atoms with Crippen LogP contribution in [0, 0.1) is 0 Å². The Morgan fingerprint density at radius 2 is 0.800 bits per heavy atom. The molecule has 0 aliphatic heterocycles. The van der Waals surface area contributed by atoms with Crippen LogP contribution in [-0.4, -0.2) is 30.6 Å². The molecule has 0 unspecified atom stereocenters. The van der Waals surface area contributed by atoms with E-state index in [1.54, 1.807) is 0 Å². The van der Waals surface area contributed by atoms with Gasteiger partial charge in [-0.25, -0.2) is 0 Å². The van der Waals surface area contributed by atoms with E-state index in [0.29, 0.717) is 10.1 Å². The van der Waals surface area contributed by atoms with Crippen molar-refractivity contribution in [2.45, 2.75) is 77.8 Å². The Labute approximate surface area is 108 Å². The Hall–Kier alpha value is 1.22. The second kappa shape index (κ2) is 4.48. The van der Waals surface area contributed by atoms with E-state index in [4.69, 9.17) is 0 Å². The fraction of sp³-hybridized carbons (Fsp3) is 1.00. The molecule has 0 aromatic carbocycles. The van der Waals surface area contributed by atoms with Crippen molar-refractivity contribution in [2.24, 2.45) is 0 Å². The van der Waals surface area contributed by atoms with Crippen molar-refractivity contribution >= 4 is 30.6 Å². The molecule has 0 spiro atoms. The fourth-order valence-corrected chi connectivity index (χ4v) is 57.0. The summed E-state index contributed by atoms with van der Waals surface area (Å²) in [6.45, 7) is 25.4. The molecular weight excluding hydrogens is 328 g/mol. The van der Waals surface area contributed by atoms with Gasteiger partial charge in [0.1, 0.15) is 0 Å². The molecule has 91 valence electrons. The van der Waals surface area contributed by atoms with Crippen LogP contribution in [0.5, 0.6) is 0 Å². The first-order valence-electron chi connectivity index (χ1n) is 5.91. The summed E-state index contributed by atoms with van der Waals surface area (Å²) < 4.78 is 0. The molecule has 15 heavy (non-hydrogen) atoms. The van der Waals surface area contributed by atoms with Crippen LogP contribution in [0.2, 0.25) is 36.3 Å². The van der Waals surface area contributed by atoms with Crippen LogP contribution in [-0.2, 0) is 0 Å². The van der Waals surface area contributed by atoms with Gasteiger partial charge in [-0.1, -0.05) is 0 Å². The Kier molecular flexibility index (Phi) is 4.84. The van der Waals surface area contributed by atoms with Gasteiger partial charge >= 0.3 is 108 Å². The molecule has 0 aliphatic rings. The third kappa shape index (κ3) is 4.18. The second-order valence-electron chi connectivity index (χ2n) is 7.62. The van der Waals surface area contributed by atoms with Gasteiger partial charge in [-0.2, -0.15) is 0 Å². The van der Waals surface area contributed by atoms with Crippen LogP contribution in [0.25, 0.3) is 0 Å². The molecule has 0 heterocycles. The van der Waals surface area contributed by atoms with Gasteiger partial charge in [0.25, 0.3) is 0 Å². The van der Waals surface area contributed by atoms with Gasteiger partial charge in [0.05, 0.1) is 0 Å². The van der Waals surface area contributed by atoms with Gasteiger partial charge in [-0.3, -0.25) is 0 Å². The first-order valence-corrected chi connectivity index (χ1v) is 18.7. The van der Waals surface area contributed by atoms with E-state index in [-0.39, 0.29) is 19.3 Å². The normalized spacial score (nSPS) is 15.6. The summed E-state index contributed by atoms with van der Waals surface area (Å²) in [6, 6.07) is 0. The molecule has 0 rings (SSSR count). The average molecular weight is 358 g/mol. The molecule has 0 N–H and O–H groups in total.